The molecule has 130 valence electrons. The van der Waals surface area contributed by atoms with Crippen molar-refractivity contribution in [1.82, 2.24) is 4.90 Å². The normalized spacial score (nSPS) is 16.2. The lowest BCUT2D eigenvalue weighted by molar-refractivity contribution is -0.122. The molecular weight excluding hydrogens is 357 g/mol. The summed E-state index contributed by atoms with van der Waals surface area (Å²) in [6, 6.07) is 9.74. The maximum absolute atomic E-state index is 13.3. The highest BCUT2D eigenvalue weighted by Gasteiger charge is 2.31. The zero-order chi connectivity index (χ0) is 17.8. The Morgan fingerprint density at radius 2 is 2.12 bits per heavy atom. The van der Waals surface area contributed by atoms with E-state index in [-0.39, 0.29) is 11.7 Å². The van der Waals surface area contributed by atoms with Gasteiger partial charge in [0.25, 0.3) is 5.91 Å². The highest BCUT2D eigenvalue weighted by molar-refractivity contribution is 8.26. The van der Waals surface area contributed by atoms with Crippen molar-refractivity contribution in [2.24, 2.45) is 0 Å². The quantitative estimate of drug-likeness (QED) is 0.380. The van der Waals surface area contributed by atoms with E-state index in [4.69, 9.17) is 16.6 Å². The van der Waals surface area contributed by atoms with Crippen LogP contribution in [0.25, 0.3) is 17.4 Å². The van der Waals surface area contributed by atoms with E-state index in [1.165, 1.54) is 23.9 Å². The third-order valence-corrected chi connectivity index (χ3v) is 5.25. The van der Waals surface area contributed by atoms with Gasteiger partial charge in [-0.2, -0.15) is 0 Å². The van der Waals surface area contributed by atoms with Crippen LogP contribution in [0, 0.1) is 5.82 Å². The third kappa shape index (κ3) is 4.19. The van der Waals surface area contributed by atoms with Gasteiger partial charge in [0.2, 0.25) is 0 Å². The number of furan rings is 1. The zero-order valence-electron chi connectivity index (χ0n) is 13.8. The van der Waals surface area contributed by atoms with Gasteiger partial charge in [0.15, 0.2) is 0 Å². The van der Waals surface area contributed by atoms with Gasteiger partial charge in [-0.15, -0.1) is 0 Å². The lowest BCUT2D eigenvalue weighted by Gasteiger charge is -2.13. The lowest BCUT2D eigenvalue weighted by atomic mass is 10.2. The van der Waals surface area contributed by atoms with E-state index < -0.39 is 0 Å². The van der Waals surface area contributed by atoms with Gasteiger partial charge in [0.1, 0.15) is 21.7 Å². The van der Waals surface area contributed by atoms with E-state index in [1.807, 2.05) is 0 Å². The summed E-state index contributed by atoms with van der Waals surface area (Å²) >= 11 is 6.60. The minimum Gasteiger partial charge on any atom is -0.457 e. The number of unbranched alkanes of at least 4 members (excludes halogenated alkanes) is 2. The van der Waals surface area contributed by atoms with Crippen molar-refractivity contribution in [2.45, 2.75) is 26.2 Å². The van der Waals surface area contributed by atoms with Crippen LogP contribution in [0.4, 0.5) is 4.39 Å². The smallest absolute Gasteiger partial charge is 0.266 e. The molecule has 6 heteroatoms. The average molecular weight is 375 g/mol. The van der Waals surface area contributed by atoms with Gasteiger partial charge in [0, 0.05) is 18.2 Å². The SMILES string of the molecule is CCCCCN1C(=O)C(=Cc2ccc(-c3cccc(F)c3)o2)SC1=S. The lowest BCUT2D eigenvalue weighted by Crippen LogP contribution is -2.28. The van der Waals surface area contributed by atoms with Crippen LogP contribution in [0.15, 0.2) is 45.7 Å². The number of halogens is 1. The van der Waals surface area contributed by atoms with Gasteiger partial charge in [-0.05, 0) is 30.7 Å². The predicted octanol–water partition coefficient (Wildman–Crippen LogP) is 5.48. The van der Waals surface area contributed by atoms with Crippen LogP contribution in [0.2, 0.25) is 0 Å². The van der Waals surface area contributed by atoms with Gasteiger partial charge in [-0.1, -0.05) is 55.9 Å². The Morgan fingerprint density at radius 1 is 1.28 bits per heavy atom. The maximum Gasteiger partial charge on any atom is 0.266 e. The summed E-state index contributed by atoms with van der Waals surface area (Å²) in [5.41, 5.74) is 0.659. The molecule has 0 unspecified atom stereocenters. The second-order valence-electron chi connectivity index (χ2n) is 5.75. The van der Waals surface area contributed by atoms with Gasteiger partial charge < -0.3 is 4.42 Å². The van der Waals surface area contributed by atoms with Crippen molar-refractivity contribution in [3.8, 4) is 11.3 Å². The number of amides is 1. The standard InChI is InChI=1S/C19H18FNO2S2/c1-2-3-4-10-21-18(22)17(25-19(21)24)12-15-8-9-16(23-15)13-6-5-7-14(20)11-13/h5-9,11-12H,2-4,10H2,1H3. The topological polar surface area (TPSA) is 33.5 Å². The molecule has 2 aromatic rings. The number of rotatable bonds is 6. The van der Waals surface area contributed by atoms with Gasteiger partial charge in [-0.25, -0.2) is 4.39 Å². The summed E-state index contributed by atoms with van der Waals surface area (Å²) in [6.45, 7) is 2.78. The Bertz CT molecular complexity index is 828. The van der Waals surface area contributed by atoms with Crippen LogP contribution in [0.5, 0.6) is 0 Å². The van der Waals surface area contributed by atoms with Gasteiger partial charge in [0.05, 0.1) is 4.91 Å². The molecule has 0 atom stereocenters. The zero-order valence-corrected chi connectivity index (χ0v) is 15.5. The van der Waals surface area contributed by atoms with Crippen molar-refractivity contribution >= 4 is 40.3 Å². The molecule has 1 aromatic carbocycles. The minimum atomic E-state index is -0.316. The van der Waals surface area contributed by atoms with E-state index in [0.717, 1.165) is 19.3 Å². The summed E-state index contributed by atoms with van der Waals surface area (Å²) in [5, 5.41) is 0. The maximum atomic E-state index is 13.3. The van der Waals surface area contributed by atoms with Gasteiger partial charge in [-0.3, -0.25) is 9.69 Å². The molecule has 1 aliphatic rings. The summed E-state index contributed by atoms with van der Waals surface area (Å²) in [6.07, 6.45) is 4.81. The number of benzene rings is 1. The van der Waals surface area contributed by atoms with E-state index in [0.29, 0.717) is 32.9 Å². The number of thioether (sulfide) groups is 1. The molecule has 3 rings (SSSR count). The first-order valence-corrected chi connectivity index (χ1v) is 9.42. The molecule has 0 radical (unpaired) electrons. The first-order valence-electron chi connectivity index (χ1n) is 8.19. The van der Waals surface area contributed by atoms with Crippen molar-refractivity contribution in [2.75, 3.05) is 6.54 Å². The molecule has 3 nitrogen and oxygen atoms in total. The average Bonchev–Trinajstić information content (AvgIpc) is 3.15. The molecule has 2 heterocycles. The van der Waals surface area contributed by atoms with Crippen molar-refractivity contribution in [3.63, 3.8) is 0 Å². The third-order valence-electron chi connectivity index (χ3n) is 3.87. The van der Waals surface area contributed by atoms with Crippen LogP contribution in [-0.2, 0) is 4.79 Å². The van der Waals surface area contributed by atoms with E-state index in [2.05, 4.69) is 6.92 Å². The Morgan fingerprint density at radius 3 is 2.88 bits per heavy atom. The van der Waals surface area contributed by atoms with Crippen LogP contribution >= 0.6 is 24.0 Å². The molecule has 1 aliphatic heterocycles. The highest BCUT2D eigenvalue weighted by Crippen LogP contribution is 2.33. The molecule has 0 saturated carbocycles. The number of carbonyl (C=O) groups excluding carboxylic acids is 1. The van der Waals surface area contributed by atoms with Crippen LogP contribution in [0.1, 0.15) is 31.9 Å². The molecule has 0 bridgehead atoms. The van der Waals surface area contributed by atoms with Crippen molar-refractivity contribution in [1.29, 1.82) is 0 Å². The van der Waals surface area contributed by atoms with Gasteiger partial charge >= 0.3 is 0 Å². The summed E-state index contributed by atoms with van der Waals surface area (Å²) < 4.78 is 19.7. The van der Waals surface area contributed by atoms with Crippen LogP contribution < -0.4 is 0 Å². The monoisotopic (exact) mass is 375 g/mol. The summed E-state index contributed by atoms with van der Waals surface area (Å²) in [5.74, 6) is 0.718. The minimum absolute atomic E-state index is 0.0743. The molecule has 0 spiro atoms. The Kier molecular flexibility index (Phi) is 5.71. The van der Waals surface area contributed by atoms with Crippen molar-refractivity contribution < 1.29 is 13.6 Å². The largest absolute Gasteiger partial charge is 0.457 e. The number of thiocarbonyl (C=S) groups is 1. The molecule has 1 fully saturated rings. The fourth-order valence-electron chi connectivity index (χ4n) is 2.57. The first kappa shape index (κ1) is 17.9. The van der Waals surface area contributed by atoms with Crippen molar-refractivity contribution in [3.05, 3.63) is 52.9 Å². The Labute approximate surface area is 155 Å². The molecular formula is C19H18FNO2S2. The molecule has 1 amide bonds. The van der Waals surface area contributed by atoms with E-state index in [1.54, 1.807) is 35.2 Å². The Hall–Kier alpha value is -1.92. The number of carbonyl (C=O) groups is 1. The molecule has 0 N–H and O–H groups in total. The van der Waals surface area contributed by atoms with Crippen LogP contribution in [-0.4, -0.2) is 21.7 Å². The fraction of sp³-hybridized carbons (Fsp3) is 0.263. The molecule has 1 saturated heterocycles. The number of hydrogen-bond acceptors (Lipinski definition) is 4. The van der Waals surface area contributed by atoms with E-state index >= 15 is 0 Å². The van der Waals surface area contributed by atoms with Crippen LogP contribution in [0.3, 0.4) is 0 Å². The first-order chi connectivity index (χ1) is 12.1. The second-order valence-corrected chi connectivity index (χ2v) is 7.43. The number of nitrogens with zero attached hydrogens (tertiary/aromatic N) is 1. The number of hydrogen-bond donors (Lipinski definition) is 0. The molecule has 0 aliphatic carbocycles. The fourth-order valence-corrected chi connectivity index (χ4v) is 3.86. The molecule has 25 heavy (non-hydrogen) atoms. The van der Waals surface area contributed by atoms with E-state index in [9.17, 15) is 9.18 Å². The summed E-state index contributed by atoms with van der Waals surface area (Å²) in [7, 11) is 0. The predicted molar refractivity (Wildman–Crippen MR) is 104 cm³/mol. The summed E-state index contributed by atoms with van der Waals surface area (Å²) in [4.78, 5) is 14.7. The second kappa shape index (κ2) is 7.97. The molecule has 1 aromatic heterocycles. The Balaban J connectivity index is 1.75. The highest BCUT2D eigenvalue weighted by atomic mass is 32.2.